The molecule has 5 heteroatoms. The average molecular weight is 275 g/mol. The molecule has 1 aromatic carbocycles. The summed E-state index contributed by atoms with van der Waals surface area (Å²) in [7, 11) is 0. The Balaban J connectivity index is 1.82. The minimum absolute atomic E-state index is 0.237. The summed E-state index contributed by atoms with van der Waals surface area (Å²) < 4.78 is 0. The van der Waals surface area contributed by atoms with Crippen LogP contribution in [0.3, 0.4) is 0 Å². The number of nitrogens with zero attached hydrogens (tertiary/aromatic N) is 2. The highest BCUT2D eigenvalue weighted by molar-refractivity contribution is 5.39. The lowest BCUT2D eigenvalue weighted by Gasteiger charge is -2.48. The zero-order chi connectivity index (χ0) is 14.1. The van der Waals surface area contributed by atoms with E-state index in [1.54, 1.807) is 12.1 Å². The van der Waals surface area contributed by atoms with Crippen LogP contribution in [0.2, 0.25) is 0 Å². The Hall–Kier alpha value is -1.46. The normalized spacial score (nSPS) is 30.1. The molecule has 0 aliphatic carbocycles. The minimum atomic E-state index is -0.277. The lowest BCUT2D eigenvalue weighted by Crippen LogP contribution is -2.54. The maximum Gasteiger partial charge on any atom is 0.273 e. The van der Waals surface area contributed by atoms with Gasteiger partial charge >= 0.3 is 0 Å². The first-order valence-electron chi connectivity index (χ1n) is 7.39. The van der Waals surface area contributed by atoms with Crippen molar-refractivity contribution in [1.82, 2.24) is 4.90 Å². The first-order chi connectivity index (χ1) is 9.65. The molecule has 2 saturated heterocycles. The molecule has 2 fully saturated rings. The van der Waals surface area contributed by atoms with Gasteiger partial charge in [-0.1, -0.05) is 24.6 Å². The first-order valence-corrected chi connectivity index (χ1v) is 7.39. The molecule has 0 saturated carbocycles. The molecular formula is C15H21N3O2. The number of nitro benzene ring substituents is 1. The molecule has 2 aliphatic rings. The molecule has 20 heavy (non-hydrogen) atoms. The third kappa shape index (κ3) is 2.55. The predicted molar refractivity (Wildman–Crippen MR) is 77.3 cm³/mol. The fraction of sp³-hybridized carbons (Fsp3) is 0.600. The number of benzene rings is 1. The van der Waals surface area contributed by atoms with Crippen molar-refractivity contribution in [3.63, 3.8) is 0 Å². The molecule has 0 spiro atoms. The van der Waals surface area contributed by atoms with Crippen LogP contribution in [-0.2, 0) is 6.54 Å². The van der Waals surface area contributed by atoms with Crippen LogP contribution in [0.25, 0.3) is 0 Å². The molecule has 1 aromatic rings. The van der Waals surface area contributed by atoms with Gasteiger partial charge in [0.25, 0.3) is 5.69 Å². The van der Waals surface area contributed by atoms with E-state index in [4.69, 9.17) is 5.73 Å². The Morgan fingerprint density at radius 2 is 1.90 bits per heavy atom. The minimum Gasteiger partial charge on any atom is -0.328 e. The van der Waals surface area contributed by atoms with E-state index in [0.29, 0.717) is 24.7 Å². The maximum atomic E-state index is 11.1. The van der Waals surface area contributed by atoms with Crippen LogP contribution < -0.4 is 5.73 Å². The number of fused-ring (bicyclic) bond motifs is 2. The number of nitrogens with two attached hydrogens (primary N) is 1. The van der Waals surface area contributed by atoms with Crippen LogP contribution >= 0.6 is 0 Å². The van der Waals surface area contributed by atoms with Crippen molar-refractivity contribution >= 4 is 5.69 Å². The van der Waals surface area contributed by atoms with Crippen molar-refractivity contribution in [3.05, 3.63) is 39.9 Å². The van der Waals surface area contributed by atoms with Crippen LogP contribution in [0.15, 0.2) is 24.3 Å². The van der Waals surface area contributed by atoms with E-state index in [-0.39, 0.29) is 10.6 Å². The Morgan fingerprint density at radius 3 is 2.55 bits per heavy atom. The van der Waals surface area contributed by atoms with Crippen molar-refractivity contribution in [2.45, 2.75) is 56.8 Å². The quantitative estimate of drug-likeness (QED) is 0.679. The van der Waals surface area contributed by atoms with Gasteiger partial charge in [-0.2, -0.15) is 0 Å². The standard InChI is InChI=1S/C15H21N3O2/c16-12-8-13-5-3-6-14(9-12)17(13)10-11-4-1-2-7-15(11)18(19)20/h1-2,4,7,12-14H,3,5-6,8-10,16H2. The maximum absolute atomic E-state index is 11.1. The first kappa shape index (κ1) is 13.5. The summed E-state index contributed by atoms with van der Waals surface area (Å²) in [6.45, 7) is 0.680. The van der Waals surface area contributed by atoms with Gasteiger partial charge in [0.05, 0.1) is 4.92 Å². The summed E-state index contributed by atoms with van der Waals surface area (Å²) in [5, 5.41) is 11.1. The summed E-state index contributed by atoms with van der Waals surface area (Å²) in [5.41, 5.74) is 7.18. The second-order valence-electron chi connectivity index (χ2n) is 6.03. The van der Waals surface area contributed by atoms with E-state index in [0.717, 1.165) is 18.4 Å². The van der Waals surface area contributed by atoms with E-state index in [1.807, 2.05) is 12.1 Å². The Morgan fingerprint density at radius 1 is 1.25 bits per heavy atom. The molecular weight excluding hydrogens is 254 g/mol. The molecule has 0 aromatic heterocycles. The lowest BCUT2D eigenvalue weighted by atomic mass is 9.82. The number of nitro groups is 1. The van der Waals surface area contributed by atoms with E-state index in [9.17, 15) is 10.1 Å². The van der Waals surface area contributed by atoms with Crippen molar-refractivity contribution in [2.75, 3.05) is 0 Å². The zero-order valence-electron chi connectivity index (χ0n) is 11.6. The molecule has 2 atom stereocenters. The SMILES string of the molecule is NC1CC2CCCC(C1)N2Cc1ccccc1[N+](=O)[O-]. The van der Waals surface area contributed by atoms with Gasteiger partial charge in [0.15, 0.2) is 0 Å². The van der Waals surface area contributed by atoms with E-state index < -0.39 is 0 Å². The van der Waals surface area contributed by atoms with Crippen LogP contribution in [0.4, 0.5) is 5.69 Å². The van der Waals surface area contributed by atoms with Crippen molar-refractivity contribution in [1.29, 1.82) is 0 Å². The van der Waals surface area contributed by atoms with Crippen molar-refractivity contribution in [3.8, 4) is 0 Å². The van der Waals surface area contributed by atoms with Gasteiger partial charge in [-0.3, -0.25) is 15.0 Å². The topological polar surface area (TPSA) is 72.4 Å². The molecule has 2 unspecified atom stereocenters. The van der Waals surface area contributed by atoms with E-state index >= 15 is 0 Å². The number of hydrogen-bond donors (Lipinski definition) is 1. The van der Waals surface area contributed by atoms with Crippen molar-refractivity contribution in [2.24, 2.45) is 5.73 Å². The third-order valence-electron chi connectivity index (χ3n) is 4.70. The van der Waals surface area contributed by atoms with Gasteiger partial charge in [0.2, 0.25) is 0 Å². The zero-order valence-corrected chi connectivity index (χ0v) is 11.6. The monoisotopic (exact) mass is 275 g/mol. The van der Waals surface area contributed by atoms with Crippen LogP contribution in [-0.4, -0.2) is 27.9 Å². The molecule has 0 radical (unpaired) electrons. The molecule has 3 rings (SSSR count). The van der Waals surface area contributed by atoms with Crippen molar-refractivity contribution < 1.29 is 4.92 Å². The molecule has 2 N–H and O–H groups in total. The van der Waals surface area contributed by atoms with Crippen LogP contribution in [0, 0.1) is 10.1 Å². The lowest BCUT2D eigenvalue weighted by molar-refractivity contribution is -0.385. The van der Waals surface area contributed by atoms with Crippen LogP contribution in [0.5, 0.6) is 0 Å². The van der Waals surface area contributed by atoms with Gasteiger partial charge in [-0.15, -0.1) is 0 Å². The van der Waals surface area contributed by atoms with Gasteiger partial charge in [-0.05, 0) is 25.7 Å². The van der Waals surface area contributed by atoms with Gasteiger partial charge in [-0.25, -0.2) is 0 Å². The Bertz CT molecular complexity index is 492. The fourth-order valence-electron chi connectivity index (χ4n) is 3.80. The second kappa shape index (κ2) is 5.50. The Kier molecular flexibility index (Phi) is 3.72. The largest absolute Gasteiger partial charge is 0.328 e. The molecule has 5 nitrogen and oxygen atoms in total. The average Bonchev–Trinajstić information content (AvgIpc) is 2.40. The summed E-state index contributed by atoms with van der Waals surface area (Å²) in [5.74, 6) is 0. The van der Waals surface area contributed by atoms with Gasteiger partial charge in [0, 0.05) is 36.3 Å². The number of rotatable bonds is 3. The third-order valence-corrected chi connectivity index (χ3v) is 4.70. The summed E-state index contributed by atoms with van der Waals surface area (Å²) >= 11 is 0. The van der Waals surface area contributed by atoms with Gasteiger partial charge in [0.1, 0.15) is 0 Å². The summed E-state index contributed by atoms with van der Waals surface area (Å²) in [6, 6.07) is 8.38. The second-order valence-corrected chi connectivity index (χ2v) is 6.03. The highest BCUT2D eigenvalue weighted by Gasteiger charge is 2.37. The molecule has 108 valence electrons. The highest BCUT2D eigenvalue weighted by atomic mass is 16.6. The fourth-order valence-corrected chi connectivity index (χ4v) is 3.80. The number of piperidine rings is 2. The molecule has 2 heterocycles. The number of para-hydroxylation sites is 1. The molecule has 0 amide bonds. The van der Waals surface area contributed by atoms with E-state index in [1.165, 1.54) is 19.3 Å². The smallest absolute Gasteiger partial charge is 0.273 e. The summed E-state index contributed by atoms with van der Waals surface area (Å²) in [6.07, 6.45) is 5.65. The Labute approximate surface area is 118 Å². The predicted octanol–water partition coefficient (Wildman–Crippen LogP) is 2.44. The molecule has 2 bridgehead atoms. The van der Waals surface area contributed by atoms with Crippen LogP contribution in [0.1, 0.15) is 37.7 Å². The summed E-state index contributed by atoms with van der Waals surface area (Å²) in [4.78, 5) is 13.3. The van der Waals surface area contributed by atoms with E-state index in [2.05, 4.69) is 4.90 Å². The van der Waals surface area contributed by atoms with Gasteiger partial charge < -0.3 is 5.73 Å². The number of hydrogen-bond acceptors (Lipinski definition) is 4. The highest BCUT2D eigenvalue weighted by Crippen LogP contribution is 2.35. The molecule has 2 aliphatic heterocycles.